The van der Waals surface area contributed by atoms with Crippen LogP contribution in [0.5, 0.6) is 0 Å². The number of benzene rings is 1. The number of hydrogen-bond donors (Lipinski definition) is 1. The highest BCUT2D eigenvalue weighted by atomic mass is 32.1. The molecule has 140 valence electrons. The third-order valence-electron chi connectivity index (χ3n) is 5.08. The first-order valence-corrected chi connectivity index (χ1v) is 10.0. The fourth-order valence-electron chi connectivity index (χ4n) is 3.64. The summed E-state index contributed by atoms with van der Waals surface area (Å²) in [6.45, 7) is 1.00. The Balaban J connectivity index is 1.40. The Bertz CT molecular complexity index is 964. The van der Waals surface area contributed by atoms with Crippen LogP contribution in [0.25, 0.3) is 11.0 Å². The van der Waals surface area contributed by atoms with Crippen molar-refractivity contribution < 1.29 is 9.59 Å². The van der Waals surface area contributed by atoms with Crippen molar-refractivity contribution in [1.82, 2.24) is 19.8 Å². The second-order valence-electron chi connectivity index (χ2n) is 6.79. The lowest BCUT2D eigenvalue weighted by Gasteiger charge is -2.23. The van der Waals surface area contributed by atoms with Gasteiger partial charge in [0.1, 0.15) is 11.9 Å². The van der Waals surface area contributed by atoms with Crippen molar-refractivity contribution in [1.29, 1.82) is 0 Å². The van der Waals surface area contributed by atoms with E-state index in [1.165, 1.54) is 0 Å². The van der Waals surface area contributed by atoms with Crippen molar-refractivity contribution in [3.63, 3.8) is 0 Å². The maximum atomic E-state index is 12.7. The summed E-state index contributed by atoms with van der Waals surface area (Å²) in [5.74, 6) is 0.732. The Morgan fingerprint density at radius 2 is 2.11 bits per heavy atom. The van der Waals surface area contributed by atoms with E-state index in [0.29, 0.717) is 25.9 Å². The quantitative estimate of drug-likeness (QED) is 0.737. The molecule has 1 aliphatic heterocycles. The van der Waals surface area contributed by atoms with Crippen LogP contribution in [0.3, 0.4) is 0 Å². The summed E-state index contributed by atoms with van der Waals surface area (Å²) in [5, 5.41) is 4.94. The van der Waals surface area contributed by atoms with Gasteiger partial charge in [0.25, 0.3) is 0 Å². The van der Waals surface area contributed by atoms with Crippen molar-refractivity contribution >= 4 is 34.2 Å². The third kappa shape index (κ3) is 3.60. The van der Waals surface area contributed by atoms with Crippen molar-refractivity contribution in [2.24, 2.45) is 7.05 Å². The standard InChI is InChI=1S/C20H22N4O2S/c1-23-16-8-3-2-7-15(16)22-18(23)13-21-20(26)17-9-4-10-24(17)19(25)12-14-6-5-11-27-14/h2-3,5-8,11,17H,4,9-10,12-13H2,1H3,(H,21,26). The number of carbonyl (C=O) groups excluding carboxylic acids is 2. The largest absolute Gasteiger partial charge is 0.347 e. The fourth-order valence-corrected chi connectivity index (χ4v) is 4.33. The van der Waals surface area contributed by atoms with Gasteiger partial charge in [-0.2, -0.15) is 0 Å². The van der Waals surface area contributed by atoms with Gasteiger partial charge in [0.15, 0.2) is 0 Å². The topological polar surface area (TPSA) is 67.2 Å². The molecule has 0 bridgehead atoms. The van der Waals surface area contributed by atoms with E-state index in [4.69, 9.17) is 0 Å². The van der Waals surface area contributed by atoms with Gasteiger partial charge in [-0.3, -0.25) is 9.59 Å². The van der Waals surface area contributed by atoms with E-state index in [1.54, 1.807) is 16.2 Å². The lowest BCUT2D eigenvalue weighted by Crippen LogP contribution is -2.46. The van der Waals surface area contributed by atoms with Crippen molar-refractivity contribution in [3.05, 3.63) is 52.5 Å². The SMILES string of the molecule is Cn1c(CNC(=O)C2CCCN2C(=O)Cc2cccs2)nc2ccccc21. The molecule has 1 N–H and O–H groups in total. The number of nitrogens with one attached hydrogen (secondary N) is 1. The van der Waals surface area contributed by atoms with E-state index < -0.39 is 0 Å². The molecule has 3 heterocycles. The molecule has 1 atom stereocenters. The van der Waals surface area contributed by atoms with Gasteiger partial charge in [-0.1, -0.05) is 18.2 Å². The van der Waals surface area contributed by atoms with E-state index in [1.807, 2.05) is 53.4 Å². The molecule has 0 spiro atoms. The molecule has 27 heavy (non-hydrogen) atoms. The average Bonchev–Trinajstić information content (AvgIpc) is 3.40. The zero-order valence-corrected chi connectivity index (χ0v) is 16.0. The molecule has 7 heteroatoms. The maximum absolute atomic E-state index is 12.7. The van der Waals surface area contributed by atoms with Crippen LogP contribution in [0, 0.1) is 0 Å². The minimum absolute atomic E-state index is 0.0258. The Morgan fingerprint density at radius 1 is 1.26 bits per heavy atom. The van der Waals surface area contributed by atoms with Gasteiger partial charge in [0.05, 0.1) is 24.0 Å². The van der Waals surface area contributed by atoms with Gasteiger partial charge in [-0.25, -0.2) is 4.98 Å². The van der Waals surface area contributed by atoms with Crippen molar-refractivity contribution in [2.75, 3.05) is 6.54 Å². The predicted molar refractivity (Wildman–Crippen MR) is 105 cm³/mol. The van der Waals surface area contributed by atoms with Gasteiger partial charge in [-0.05, 0) is 36.4 Å². The number of thiophene rings is 1. The lowest BCUT2D eigenvalue weighted by molar-refractivity contribution is -0.138. The fraction of sp³-hybridized carbons (Fsp3) is 0.350. The Hall–Kier alpha value is -2.67. The van der Waals surface area contributed by atoms with Crippen LogP contribution in [0.15, 0.2) is 41.8 Å². The molecule has 1 unspecified atom stereocenters. The second kappa shape index (κ2) is 7.52. The number of fused-ring (bicyclic) bond motifs is 1. The van der Waals surface area contributed by atoms with E-state index in [2.05, 4.69) is 10.3 Å². The third-order valence-corrected chi connectivity index (χ3v) is 5.96. The number of carbonyl (C=O) groups is 2. The van der Waals surface area contributed by atoms with Crippen molar-refractivity contribution in [3.8, 4) is 0 Å². The molecular formula is C20H22N4O2S. The van der Waals surface area contributed by atoms with Crippen LogP contribution in [0.4, 0.5) is 0 Å². The van der Waals surface area contributed by atoms with Gasteiger partial charge < -0.3 is 14.8 Å². The number of amides is 2. The number of imidazole rings is 1. The number of hydrogen-bond acceptors (Lipinski definition) is 4. The van der Waals surface area contributed by atoms with Crippen LogP contribution in [0.2, 0.25) is 0 Å². The molecule has 6 nitrogen and oxygen atoms in total. The van der Waals surface area contributed by atoms with Crippen LogP contribution < -0.4 is 5.32 Å². The minimum atomic E-state index is -0.382. The lowest BCUT2D eigenvalue weighted by atomic mass is 10.2. The molecule has 1 aliphatic rings. The van der Waals surface area contributed by atoms with E-state index in [0.717, 1.165) is 28.2 Å². The zero-order chi connectivity index (χ0) is 18.8. The normalized spacial score (nSPS) is 16.8. The predicted octanol–water partition coefficient (Wildman–Crippen LogP) is 2.48. The number of nitrogens with zero attached hydrogens (tertiary/aromatic N) is 3. The molecule has 1 saturated heterocycles. The summed E-state index contributed by atoms with van der Waals surface area (Å²) in [4.78, 5) is 32.7. The molecule has 0 aliphatic carbocycles. The molecule has 0 saturated carbocycles. The summed E-state index contributed by atoms with van der Waals surface area (Å²) in [5.41, 5.74) is 1.95. The van der Waals surface area contributed by atoms with E-state index >= 15 is 0 Å². The summed E-state index contributed by atoms with van der Waals surface area (Å²) in [6.07, 6.45) is 1.94. The molecule has 0 radical (unpaired) electrons. The van der Waals surface area contributed by atoms with Gasteiger partial charge >= 0.3 is 0 Å². The first-order valence-electron chi connectivity index (χ1n) is 9.13. The Labute approximate surface area is 161 Å². The second-order valence-corrected chi connectivity index (χ2v) is 7.83. The maximum Gasteiger partial charge on any atom is 0.243 e. The van der Waals surface area contributed by atoms with Crippen LogP contribution in [-0.2, 0) is 29.6 Å². The Kier molecular flexibility index (Phi) is 4.94. The Morgan fingerprint density at radius 3 is 2.89 bits per heavy atom. The molecule has 1 fully saturated rings. The number of aromatic nitrogens is 2. The van der Waals surface area contributed by atoms with E-state index in [-0.39, 0.29) is 17.9 Å². The molecule has 4 rings (SSSR count). The van der Waals surface area contributed by atoms with Gasteiger partial charge in [0, 0.05) is 18.5 Å². The highest BCUT2D eigenvalue weighted by molar-refractivity contribution is 7.10. The summed E-state index contributed by atoms with van der Waals surface area (Å²) in [7, 11) is 1.95. The summed E-state index contributed by atoms with van der Waals surface area (Å²) >= 11 is 1.57. The molecule has 1 aromatic carbocycles. The molecule has 2 aromatic heterocycles. The van der Waals surface area contributed by atoms with Gasteiger partial charge in [-0.15, -0.1) is 11.3 Å². The number of para-hydroxylation sites is 2. The summed E-state index contributed by atoms with van der Waals surface area (Å²) in [6, 6.07) is 11.4. The van der Waals surface area contributed by atoms with E-state index in [9.17, 15) is 9.59 Å². The van der Waals surface area contributed by atoms with Gasteiger partial charge in [0.2, 0.25) is 11.8 Å². The molecule has 3 aromatic rings. The zero-order valence-electron chi connectivity index (χ0n) is 15.2. The first-order chi connectivity index (χ1) is 13.1. The van der Waals surface area contributed by atoms with Crippen LogP contribution in [-0.4, -0.2) is 38.9 Å². The highest BCUT2D eigenvalue weighted by Gasteiger charge is 2.34. The first kappa shape index (κ1) is 17.7. The average molecular weight is 382 g/mol. The van der Waals surface area contributed by atoms with Crippen molar-refractivity contribution in [2.45, 2.75) is 31.8 Å². The smallest absolute Gasteiger partial charge is 0.243 e. The number of aryl methyl sites for hydroxylation is 1. The molecular weight excluding hydrogens is 360 g/mol. The highest BCUT2D eigenvalue weighted by Crippen LogP contribution is 2.20. The van der Waals surface area contributed by atoms with Crippen LogP contribution in [0.1, 0.15) is 23.5 Å². The molecule has 2 amide bonds. The number of likely N-dealkylation sites (tertiary alicyclic amines) is 1. The monoisotopic (exact) mass is 382 g/mol. The number of rotatable bonds is 5. The van der Waals surface area contributed by atoms with Crippen LogP contribution >= 0.6 is 11.3 Å². The minimum Gasteiger partial charge on any atom is -0.347 e. The summed E-state index contributed by atoms with van der Waals surface area (Å²) < 4.78 is 1.99.